The summed E-state index contributed by atoms with van der Waals surface area (Å²) in [6.45, 7) is 6.76. The number of anilines is 1. The van der Waals surface area contributed by atoms with Gasteiger partial charge in [-0.25, -0.2) is 9.48 Å². The summed E-state index contributed by atoms with van der Waals surface area (Å²) in [4.78, 5) is 20.3. The third-order valence-electron chi connectivity index (χ3n) is 10.6. The number of para-hydroxylation sites is 1. The number of hydrogen-bond acceptors (Lipinski definition) is 6. The number of fused-ring (bicyclic) bond motifs is 1. The highest BCUT2D eigenvalue weighted by atomic mass is 16.6. The van der Waals surface area contributed by atoms with Gasteiger partial charge in [-0.3, -0.25) is 9.88 Å². The molecule has 8 rings (SSSR count). The van der Waals surface area contributed by atoms with Crippen LogP contribution in [0.2, 0.25) is 0 Å². The van der Waals surface area contributed by atoms with Crippen LogP contribution in [0.4, 0.5) is 10.5 Å². The molecule has 8 nitrogen and oxygen atoms in total. The number of ether oxygens (including phenoxy) is 1. The van der Waals surface area contributed by atoms with E-state index in [0.717, 1.165) is 79.6 Å². The zero-order valence-corrected chi connectivity index (χ0v) is 32.4. The maximum absolute atomic E-state index is 13.7. The summed E-state index contributed by atoms with van der Waals surface area (Å²) in [6, 6.07) is 55.9. The molecule has 0 fully saturated rings. The number of pyridine rings is 1. The Hall–Kier alpha value is -6.93. The van der Waals surface area contributed by atoms with Crippen LogP contribution < -0.4 is 4.90 Å². The van der Waals surface area contributed by atoms with E-state index >= 15 is 0 Å². The van der Waals surface area contributed by atoms with Gasteiger partial charge in [-0.15, -0.1) is 5.10 Å². The second kappa shape index (κ2) is 16.4. The number of nitrogens with zero attached hydrogens (tertiary/aromatic N) is 6. The number of carbonyl (C=O) groups excluding carboxylic acids is 1. The fourth-order valence-corrected chi connectivity index (χ4v) is 7.72. The van der Waals surface area contributed by atoms with Crippen molar-refractivity contribution in [3.8, 4) is 22.5 Å². The SMILES string of the molecule is CCCCOC(=O)N(Cc1ccc(-c2ccccc2-c2nnnn2C(c2ccccc2)(c2ccccc2)c2ccccc2)cc1)c1cc2cccc(C)c2nc1C. The van der Waals surface area contributed by atoms with E-state index < -0.39 is 5.54 Å². The Balaban J connectivity index is 1.19. The van der Waals surface area contributed by atoms with Gasteiger partial charge in [0, 0.05) is 10.9 Å². The molecule has 6 aromatic carbocycles. The van der Waals surface area contributed by atoms with Gasteiger partial charge in [0.25, 0.3) is 0 Å². The molecule has 0 aliphatic rings. The van der Waals surface area contributed by atoms with Gasteiger partial charge in [0.2, 0.25) is 0 Å². The van der Waals surface area contributed by atoms with Gasteiger partial charge in [-0.1, -0.05) is 171 Å². The number of rotatable bonds is 12. The zero-order chi connectivity index (χ0) is 39.2. The maximum atomic E-state index is 13.7. The number of amides is 1. The van der Waals surface area contributed by atoms with E-state index in [-0.39, 0.29) is 6.09 Å². The largest absolute Gasteiger partial charge is 0.449 e. The maximum Gasteiger partial charge on any atom is 0.414 e. The Kier molecular flexibility index (Phi) is 10.7. The standard InChI is InChI=1S/C49H44N6O2/c1-4-5-32-57-48(56)54(45-33-39-19-17-18-35(2)46(39)50-36(45)3)34-37-28-30-38(31-29-37)43-26-15-16-27-44(43)47-51-52-53-55(47)49(40-20-9-6-10-21-40,41-22-11-7-12-23-41)42-24-13-8-14-25-42/h6-31,33H,4-5,32,34H2,1-3H3. The van der Waals surface area contributed by atoms with Crippen molar-refractivity contribution in [1.29, 1.82) is 0 Å². The van der Waals surface area contributed by atoms with Crippen molar-refractivity contribution in [3.63, 3.8) is 0 Å². The molecule has 8 aromatic rings. The fourth-order valence-electron chi connectivity index (χ4n) is 7.72. The van der Waals surface area contributed by atoms with Crippen molar-refractivity contribution < 1.29 is 9.53 Å². The molecule has 2 aromatic heterocycles. The highest BCUT2D eigenvalue weighted by molar-refractivity contribution is 5.93. The lowest BCUT2D eigenvalue weighted by atomic mass is 9.77. The molecule has 0 spiro atoms. The van der Waals surface area contributed by atoms with E-state index in [9.17, 15) is 4.79 Å². The molecule has 282 valence electrons. The molecule has 2 heterocycles. The lowest BCUT2D eigenvalue weighted by Gasteiger charge is -2.36. The fraction of sp³-hybridized carbons (Fsp3) is 0.163. The Bertz CT molecular complexity index is 2510. The summed E-state index contributed by atoms with van der Waals surface area (Å²) in [5.74, 6) is 0.627. The minimum atomic E-state index is -0.886. The Morgan fingerprint density at radius 2 is 1.30 bits per heavy atom. The summed E-state index contributed by atoms with van der Waals surface area (Å²) in [6.07, 6.45) is 1.35. The number of tetrazole rings is 1. The van der Waals surface area contributed by atoms with Crippen molar-refractivity contribution in [2.45, 2.75) is 45.7 Å². The lowest BCUT2D eigenvalue weighted by molar-refractivity contribution is 0.151. The van der Waals surface area contributed by atoms with Crippen molar-refractivity contribution >= 4 is 22.7 Å². The molecule has 0 radical (unpaired) electrons. The average Bonchev–Trinajstić information content (AvgIpc) is 3.75. The minimum Gasteiger partial charge on any atom is -0.449 e. The molecular formula is C49H44N6O2. The Labute approximate surface area is 333 Å². The molecule has 0 unspecified atom stereocenters. The van der Waals surface area contributed by atoms with Crippen molar-refractivity contribution in [2.75, 3.05) is 11.5 Å². The second-order valence-electron chi connectivity index (χ2n) is 14.3. The average molecular weight is 749 g/mol. The van der Waals surface area contributed by atoms with Crippen molar-refractivity contribution in [2.24, 2.45) is 0 Å². The van der Waals surface area contributed by atoms with Crippen LogP contribution in [0.1, 0.15) is 53.3 Å². The summed E-state index contributed by atoms with van der Waals surface area (Å²) < 4.78 is 7.75. The number of carbonyl (C=O) groups is 1. The summed E-state index contributed by atoms with van der Waals surface area (Å²) in [5.41, 5.74) is 9.53. The lowest BCUT2D eigenvalue weighted by Crippen LogP contribution is -2.39. The third-order valence-corrected chi connectivity index (χ3v) is 10.6. The molecule has 0 bridgehead atoms. The Morgan fingerprint density at radius 3 is 1.91 bits per heavy atom. The molecule has 0 saturated heterocycles. The predicted molar refractivity (Wildman–Crippen MR) is 227 cm³/mol. The summed E-state index contributed by atoms with van der Waals surface area (Å²) in [5, 5.41) is 14.8. The molecule has 1 amide bonds. The van der Waals surface area contributed by atoms with E-state index in [0.29, 0.717) is 19.0 Å². The van der Waals surface area contributed by atoms with Crippen LogP contribution in [0.3, 0.4) is 0 Å². The van der Waals surface area contributed by atoms with Crippen LogP contribution in [0.5, 0.6) is 0 Å². The first-order valence-corrected chi connectivity index (χ1v) is 19.4. The highest BCUT2D eigenvalue weighted by Gasteiger charge is 2.42. The zero-order valence-electron chi connectivity index (χ0n) is 32.4. The quantitative estimate of drug-likeness (QED) is 0.0913. The van der Waals surface area contributed by atoms with Gasteiger partial charge in [0.1, 0.15) is 5.54 Å². The number of benzene rings is 6. The van der Waals surface area contributed by atoms with Gasteiger partial charge >= 0.3 is 6.09 Å². The molecule has 57 heavy (non-hydrogen) atoms. The number of unbranched alkanes of at least 4 members (excludes halogenated alkanes) is 1. The van der Waals surface area contributed by atoms with Gasteiger partial charge in [0.05, 0.1) is 30.0 Å². The van der Waals surface area contributed by atoms with Gasteiger partial charge in [0.15, 0.2) is 5.82 Å². The van der Waals surface area contributed by atoms with E-state index in [4.69, 9.17) is 20.0 Å². The Morgan fingerprint density at radius 1 is 0.702 bits per heavy atom. The van der Waals surface area contributed by atoms with Crippen LogP contribution in [0.25, 0.3) is 33.4 Å². The first kappa shape index (κ1) is 37.0. The van der Waals surface area contributed by atoms with E-state index in [1.807, 2.05) is 60.1 Å². The molecule has 0 aliphatic heterocycles. The molecule has 8 heteroatoms. The van der Waals surface area contributed by atoms with Crippen LogP contribution in [-0.2, 0) is 16.8 Å². The van der Waals surface area contributed by atoms with E-state index in [1.54, 1.807) is 4.90 Å². The van der Waals surface area contributed by atoms with Crippen LogP contribution in [0, 0.1) is 13.8 Å². The monoisotopic (exact) mass is 748 g/mol. The normalized spacial score (nSPS) is 11.4. The van der Waals surface area contributed by atoms with Gasteiger partial charge < -0.3 is 4.74 Å². The molecule has 0 saturated carbocycles. The van der Waals surface area contributed by atoms with Crippen molar-refractivity contribution in [1.82, 2.24) is 25.2 Å². The summed E-state index contributed by atoms with van der Waals surface area (Å²) in [7, 11) is 0. The van der Waals surface area contributed by atoms with Crippen LogP contribution >= 0.6 is 0 Å². The van der Waals surface area contributed by atoms with Crippen LogP contribution in [-0.4, -0.2) is 37.9 Å². The summed E-state index contributed by atoms with van der Waals surface area (Å²) >= 11 is 0. The minimum absolute atomic E-state index is 0.318. The smallest absolute Gasteiger partial charge is 0.414 e. The molecular weight excluding hydrogens is 705 g/mol. The predicted octanol–water partition coefficient (Wildman–Crippen LogP) is 11.0. The number of aromatic nitrogens is 5. The van der Waals surface area contributed by atoms with Crippen molar-refractivity contribution in [3.05, 3.63) is 197 Å². The number of aryl methyl sites for hydroxylation is 2. The second-order valence-corrected chi connectivity index (χ2v) is 14.3. The first-order chi connectivity index (χ1) is 28.0. The van der Waals surface area contributed by atoms with Gasteiger partial charge in [-0.2, -0.15) is 0 Å². The molecule has 0 atom stereocenters. The topological polar surface area (TPSA) is 86.0 Å². The van der Waals surface area contributed by atoms with E-state index in [2.05, 4.69) is 134 Å². The van der Waals surface area contributed by atoms with Gasteiger partial charge in [-0.05, 0) is 75.7 Å². The molecule has 0 N–H and O–H groups in total. The third kappa shape index (κ3) is 7.18. The number of hydrogen-bond donors (Lipinski definition) is 0. The highest BCUT2D eigenvalue weighted by Crippen LogP contribution is 2.43. The molecule has 0 aliphatic carbocycles. The van der Waals surface area contributed by atoms with E-state index in [1.165, 1.54) is 0 Å². The first-order valence-electron chi connectivity index (χ1n) is 19.4. The van der Waals surface area contributed by atoms with Crippen LogP contribution in [0.15, 0.2) is 164 Å².